The lowest BCUT2D eigenvalue weighted by Crippen LogP contribution is -2.41. The molecule has 1 aliphatic rings. The Morgan fingerprint density at radius 1 is 1.40 bits per heavy atom. The fourth-order valence-electron chi connectivity index (χ4n) is 2.55. The van der Waals surface area contributed by atoms with Gasteiger partial charge in [0.25, 0.3) is 0 Å². The average molecular weight is 214 g/mol. The Kier molecular flexibility index (Phi) is 6.22. The number of hydrogen-bond acceptors (Lipinski definition) is 3. The van der Waals surface area contributed by atoms with Crippen LogP contribution in [-0.2, 0) is 4.74 Å². The number of ether oxygens (including phenoxy) is 1. The molecule has 1 heterocycles. The highest BCUT2D eigenvalue weighted by Crippen LogP contribution is 2.22. The molecule has 0 aliphatic carbocycles. The SMILES string of the molecule is CCC(CC)C(CCC1CCCO1)NN. The maximum absolute atomic E-state index is 5.63. The Balaban J connectivity index is 2.25. The van der Waals surface area contributed by atoms with Gasteiger partial charge in [0.15, 0.2) is 0 Å². The van der Waals surface area contributed by atoms with Crippen LogP contribution in [0.15, 0.2) is 0 Å². The van der Waals surface area contributed by atoms with Gasteiger partial charge in [0.2, 0.25) is 0 Å². The quantitative estimate of drug-likeness (QED) is 0.504. The molecule has 0 spiro atoms. The van der Waals surface area contributed by atoms with E-state index in [1.165, 1.54) is 25.7 Å². The summed E-state index contributed by atoms with van der Waals surface area (Å²) in [5, 5.41) is 0. The van der Waals surface area contributed by atoms with E-state index in [0.717, 1.165) is 19.4 Å². The standard InChI is InChI=1S/C12H26N2O/c1-3-10(4-2)12(14-13)8-7-11-6-5-9-15-11/h10-12,14H,3-9,13H2,1-2H3. The summed E-state index contributed by atoms with van der Waals surface area (Å²) in [6.07, 6.45) is 7.68. The first kappa shape index (κ1) is 12.9. The van der Waals surface area contributed by atoms with Crippen LogP contribution in [0.1, 0.15) is 52.4 Å². The van der Waals surface area contributed by atoms with Crippen molar-refractivity contribution < 1.29 is 4.74 Å². The van der Waals surface area contributed by atoms with E-state index in [4.69, 9.17) is 10.6 Å². The van der Waals surface area contributed by atoms with Crippen LogP contribution < -0.4 is 11.3 Å². The lowest BCUT2D eigenvalue weighted by Gasteiger charge is -2.25. The third-order valence-corrected chi connectivity index (χ3v) is 3.66. The smallest absolute Gasteiger partial charge is 0.0576 e. The molecule has 2 unspecified atom stereocenters. The fourth-order valence-corrected chi connectivity index (χ4v) is 2.55. The maximum atomic E-state index is 5.63. The number of hydrazine groups is 1. The molecule has 1 rings (SSSR count). The monoisotopic (exact) mass is 214 g/mol. The Morgan fingerprint density at radius 2 is 2.13 bits per heavy atom. The van der Waals surface area contributed by atoms with Crippen molar-refractivity contribution in [3.05, 3.63) is 0 Å². The molecule has 1 aliphatic heterocycles. The zero-order chi connectivity index (χ0) is 11.1. The normalized spacial score (nSPS) is 23.6. The Bertz CT molecular complexity index is 154. The zero-order valence-corrected chi connectivity index (χ0v) is 10.2. The van der Waals surface area contributed by atoms with Crippen LogP contribution in [-0.4, -0.2) is 18.8 Å². The van der Waals surface area contributed by atoms with Crippen molar-refractivity contribution in [2.75, 3.05) is 6.61 Å². The predicted molar refractivity (Wildman–Crippen MR) is 63.4 cm³/mol. The molecular formula is C12H26N2O. The summed E-state index contributed by atoms with van der Waals surface area (Å²) in [5.41, 5.74) is 2.97. The van der Waals surface area contributed by atoms with Gasteiger partial charge in [-0.2, -0.15) is 0 Å². The van der Waals surface area contributed by atoms with Gasteiger partial charge in [-0.3, -0.25) is 11.3 Å². The summed E-state index contributed by atoms with van der Waals surface area (Å²) in [5.74, 6) is 6.32. The molecule has 90 valence electrons. The van der Waals surface area contributed by atoms with E-state index in [9.17, 15) is 0 Å². The number of nitrogens with one attached hydrogen (secondary N) is 1. The van der Waals surface area contributed by atoms with Crippen LogP contribution in [0, 0.1) is 5.92 Å². The van der Waals surface area contributed by atoms with Crippen LogP contribution in [0.2, 0.25) is 0 Å². The summed E-state index contributed by atoms with van der Waals surface area (Å²) in [6.45, 7) is 5.44. The molecule has 3 nitrogen and oxygen atoms in total. The predicted octanol–water partition coefficient (Wildman–Crippen LogP) is 2.21. The van der Waals surface area contributed by atoms with E-state index in [-0.39, 0.29) is 0 Å². The van der Waals surface area contributed by atoms with Gasteiger partial charge in [-0.05, 0) is 31.6 Å². The fraction of sp³-hybridized carbons (Fsp3) is 1.00. The van der Waals surface area contributed by atoms with Gasteiger partial charge in [0, 0.05) is 12.6 Å². The van der Waals surface area contributed by atoms with Crippen LogP contribution in [0.4, 0.5) is 0 Å². The van der Waals surface area contributed by atoms with E-state index < -0.39 is 0 Å². The molecule has 0 aromatic rings. The van der Waals surface area contributed by atoms with Gasteiger partial charge >= 0.3 is 0 Å². The highest BCUT2D eigenvalue weighted by atomic mass is 16.5. The zero-order valence-electron chi connectivity index (χ0n) is 10.2. The van der Waals surface area contributed by atoms with E-state index in [1.807, 2.05) is 0 Å². The lowest BCUT2D eigenvalue weighted by atomic mass is 9.90. The molecule has 0 saturated carbocycles. The van der Waals surface area contributed by atoms with Crippen molar-refractivity contribution in [2.45, 2.75) is 64.5 Å². The van der Waals surface area contributed by atoms with E-state index in [1.54, 1.807) is 0 Å². The third-order valence-electron chi connectivity index (χ3n) is 3.66. The molecule has 1 fully saturated rings. The molecular weight excluding hydrogens is 188 g/mol. The van der Waals surface area contributed by atoms with E-state index in [0.29, 0.717) is 18.1 Å². The molecule has 0 radical (unpaired) electrons. The van der Waals surface area contributed by atoms with Gasteiger partial charge in [0.1, 0.15) is 0 Å². The maximum Gasteiger partial charge on any atom is 0.0576 e. The number of nitrogens with two attached hydrogens (primary N) is 1. The first-order valence-electron chi connectivity index (χ1n) is 6.39. The van der Waals surface area contributed by atoms with Crippen LogP contribution in [0.5, 0.6) is 0 Å². The first-order valence-corrected chi connectivity index (χ1v) is 6.39. The number of rotatable bonds is 7. The van der Waals surface area contributed by atoms with Gasteiger partial charge in [-0.1, -0.05) is 26.7 Å². The average Bonchev–Trinajstić information content (AvgIpc) is 2.77. The highest BCUT2D eigenvalue weighted by Gasteiger charge is 2.21. The topological polar surface area (TPSA) is 47.3 Å². The second-order valence-electron chi connectivity index (χ2n) is 4.56. The van der Waals surface area contributed by atoms with Crippen molar-refractivity contribution in [1.29, 1.82) is 0 Å². The van der Waals surface area contributed by atoms with Crippen LogP contribution in [0.3, 0.4) is 0 Å². The summed E-state index contributed by atoms with van der Waals surface area (Å²) >= 11 is 0. The molecule has 15 heavy (non-hydrogen) atoms. The second kappa shape index (κ2) is 7.20. The second-order valence-corrected chi connectivity index (χ2v) is 4.56. The number of hydrogen-bond donors (Lipinski definition) is 2. The minimum absolute atomic E-state index is 0.462. The van der Waals surface area contributed by atoms with Gasteiger partial charge in [0.05, 0.1) is 6.10 Å². The molecule has 0 aromatic heterocycles. The Labute approximate surface area is 93.7 Å². The third kappa shape index (κ3) is 4.09. The van der Waals surface area contributed by atoms with Crippen molar-refractivity contribution in [1.82, 2.24) is 5.43 Å². The molecule has 0 bridgehead atoms. The Hall–Kier alpha value is -0.120. The summed E-state index contributed by atoms with van der Waals surface area (Å²) in [4.78, 5) is 0. The van der Waals surface area contributed by atoms with E-state index >= 15 is 0 Å². The van der Waals surface area contributed by atoms with Crippen molar-refractivity contribution >= 4 is 0 Å². The van der Waals surface area contributed by atoms with Crippen molar-refractivity contribution in [2.24, 2.45) is 11.8 Å². The summed E-state index contributed by atoms with van der Waals surface area (Å²) in [7, 11) is 0. The van der Waals surface area contributed by atoms with Crippen LogP contribution >= 0.6 is 0 Å². The molecule has 0 amide bonds. The molecule has 2 atom stereocenters. The molecule has 3 heteroatoms. The summed E-state index contributed by atoms with van der Waals surface area (Å²) in [6, 6.07) is 0.462. The van der Waals surface area contributed by atoms with E-state index in [2.05, 4.69) is 19.3 Å². The van der Waals surface area contributed by atoms with Gasteiger partial charge < -0.3 is 4.74 Å². The lowest BCUT2D eigenvalue weighted by molar-refractivity contribution is 0.0967. The van der Waals surface area contributed by atoms with Gasteiger partial charge in [-0.25, -0.2) is 0 Å². The van der Waals surface area contributed by atoms with Gasteiger partial charge in [-0.15, -0.1) is 0 Å². The molecule has 1 saturated heterocycles. The first-order chi connectivity index (χ1) is 7.31. The molecule has 0 aromatic carbocycles. The van der Waals surface area contributed by atoms with Crippen molar-refractivity contribution in [3.8, 4) is 0 Å². The molecule has 3 N–H and O–H groups in total. The summed E-state index contributed by atoms with van der Waals surface area (Å²) < 4.78 is 5.63. The van der Waals surface area contributed by atoms with Crippen molar-refractivity contribution in [3.63, 3.8) is 0 Å². The minimum atomic E-state index is 0.462. The minimum Gasteiger partial charge on any atom is -0.378 e. The van der Waals surface area contributed by atoms with Crippen LogP contribution in [0.25, 0.3) is 0 Å². The highest BCUT2D eigenvalue weighted by molar-refractivity contribution is 4.75. The Morgan fingerprint density at radius 3 is 2.60 bits per heavy atom. The largest absolute Gasteiger partial charge is 0.378 e.